The highest BCUT2D eigenvalue weighted by molar-refractivity contribution is 5.46. The van der Waals surface area contributed by atoms with E-state index in [-0.39, 0.29) is 18.0 Å². The van der Waals surface area contributed by atoms with Crippen LogP contribution < -0.4 is 10.2 Å². The van der Waals surface area contributed by atoms with Crippen LogP contribution in [0.5, 0.6) is 0 Å². The van der Waals surface area contributed by atoms with Gasteiger partial charge in [-0.2, -0.15) is 0 Å². The second kappa shape index (κ2) is 5.24. The van der Waals surface area contributed by atoms with Gasteiger partial charge < -0.3 is 15.3 Å². The van der Waals surface area contributed by atoms with Crippen LogP contribution in [0.2, 0.25) is 0 Å². The fourth-order valence-electron chi connectivity index (χ4n) is 2.19. The third-order valence-corrected chi connectivity index (χ3v) is 3.31. The van der Waals surface area contributed by atoms with E-state index in [4.69, 9.17) is 0 Å². The Labute approximate surface area is 108 Å². The summed E-state index contributed by atoms with van der Waals surface area (Å²) in [6, 6.07) is 7.05. The van der Waals surface area contributed by atoms with Gasteiger partial charge in [-0.1, -0.05) is 6.07 Å². The van der Waals surface area contributed by atoms with Crippen molar-refractivity contribution in [2.45, 2.75) is 31.3 Å². The summed E-state index contributed by atoms with van der Waals surface area (Å²) in [5, 5.41) is 13.0. The summed E-state index contributed by atoms with van der Waals surface area (Å²) in [5.41, 5.74) is 0.481. The number of nitrogens with one attached hydrogen (secondary N) is 1. The van der Waals surface area contributed by atoms with Crippen molar-refractivity contribution in [1.82, 2.24) is 5.32 Å². The molecule has 0 heterocycles. The molecule has 1 unspecified atom stereocenters. The summed E-state index contributed by atoms with van der Waals surface area (Å²) in [5.74, 6) is -0.236. The van der Waals surface area contributed by atoms with E-state index in [1.54, 1.807) is 6.07 Å². The lowest BCUT2D eigenvalue weighted by molar-refractivity contribution is 0.177. The molecule has 0 amide bonds. The van der Waals surface area contributed by atoms with Gasteiger partial charge in [-0.15, -0.1) is 0 Å². The van der Waals surface area contributed by atoms with Gasteiger partial charge in [0.2, 0.25) is 0 Å². The lowest BCUT2D eigenvalue weighted by atomic mass is 10.0. The Kier molecular flexibility index (Phi) is 3.88. The number of rotatable bonds is 6. The molecule has 0 aliphatic heterocycles. The second-order valence-corrected chi connectivity index (χ2v) is 5.47. The van der Waals surface area contributed by atoms with E-state index >= 15 is 0 Å². The predicted octanol–water partition coefficient (Wildman–Crippen LogP) is 1.76. The number of likely N-dealkylation sites (N-methyl/N-ethyl adjacent to an activating group) is 1. The van der Waals surface area contributed by atoms with Crippen molar-refractivity contribution < 1.29 is 9.50 Å². The molecule has 4 heteroatoms. The molecule has 0 radical (unpaired) electrons. The van der Waals surface area contributed by atoms with Crippen LogP contribution in [0.1, 0.15) is 19.8 Å². The smallest absolute Gasteiger partial charge is 0.125 e. The van der Waals surface area contributed by atoms with Gasteiger partial charge in [0.05, 0.1) is 12.1 Å². The lowest BCUT2D eigenvalue weighted by Gasteiger charge is -2.34. The minimum absolute atomic E-state index is 0.0726. The first-order chi connectivity index (χ1) is 8.52. The van der Waals surface area contributed by atoms with Gasteiger partial charge in [-0.05, 0) is 38.0 Å². The van der Waals surface area contributed by atoms with Gasteiger partial charge in [0, 0.05) is 25.3 Å². The minimum atomic E-state index is -0.345. The molecule has 3 nitrogen and oxygen atoms in total. The molecular weight excluding hydrogens is 231 g/mol. The Morgan fingerprint density at radius 3 is 2.78 bits per heavy atom. The Bertz CT molecular complexity index is 409. The summed E-state index contributed by atoms with van der Waals surface area (Å²) in [7, 11) is 1.91. The van der Waals surface area contributed by atoms with E-state index in [1.807, 2.05) is 24.9 Å². The van der Waals surface area contributed by atoms with Crippen molar-refractivity contribution in [3.8, 4) is 0 Å². The molecule has 2 N–H and O–H groups in total. The molecule has 0 spiro atoms. The molecular formula is C14H21FN2O. The predicted molar refractivity (Wildman–Crippen MR) is 71.3 cm³/mol. The molecule has 0 aromatic heterocycles. The first-order valence-electron chi connectivity index (χ1n) is 6.38. The number of hydrogen-bond donors (Lipinski definition) is 2. The molecule has 2 rings (SSSR count). The monoisotopic (exact) mass is 252 g/mol. The average molecular weight is 252 g/mol. The topological polar surface area (TPSA) is 35.5 Å². The normalized spacial score (nSPS) is 18.4. The van der Waals surface area contributed by atoms with Crippen molar-refractivity contribution >= 4 is 5.69 Å². The van der Waals surface area contributed by atoms with Gasteiger partial charge in [-0.25, -0.2) is 4.39 Å². The highest BCUT2D eigenvalue weighted by Gasteiger charge is 2.32. The molecule has 0 bridgehead atoms. The van der Waals surface area contributed by atoms with E-state index in [9.17, 15) is 9.50 Å². The molecule has 1 aliphatic carbocycles. The quantitative estimate of drug-likeness (QED) is 0.810. The van der Waals surface area contributed by atoms with Gasteiger partial charge in [0.15, 0.2) is 0 Å². The maximum Gasteiger partial charge on any atom is 0.125 e. The number of aliphatic hydroxyl groups is 1. The van der Waals surface area contributed by atoms with Crippen molar-refractivity contribution in [2.24, 2.45) is 0 Å². The summed E-state index contributed by atoms with van der Waals surface area (Å²) >= 11 is 0. The van der Waals surface area contributed by atoms with Crippen molar-refractivity contribution in [1.29, 1.82) is 0 Å². The molecule has 0 saturated heterocycles. The number of anilines is 1. The minimum Gasteiger partial charge on any atom is -0.394 e. The molecule has 1 fully saturated rings. The van der Waals surface area contributed by atoms with Crippen LogP contribution >= 0.6 is 0 Å². The van der Waals surface area contributed by atoms with Crippen LogP contribution in [0.3, 0.4) is 0 Å². The van der Waals surface area contributed by atoms with Crippen molar-refractivity contribution in [3.63, 3.8) is 0 Å². The number of nitrogens with zero attached hydrogens (tertiary/aromatic N) is 1. The maximum atomic E-state index is 13.2. The number of halogens is 1. The highest BCUT2D eigenvalue weighted by Crippen LogP contribution is 2.24. The molecule has 18 heavy (non-hydrogen) atoms. The van der Waals surface area contributed by atoms with Crippen molar-refractivity contribution in [3.05, 3.63) is 30.1 Å². The molecule has 1 saturated carbocycles. The van der Waals surface area contributed by atoms with Crippen LogP contribution in [0.15, 0.2) is 24.3 Å². The van der Waals surface area contributed by atoms with Crippen LogP contribution in [0.4, 0.5) is 10.1 Å². The Morgan fingerprint density at radius 2 is 2.22 bits per heavy atom. The van der Waals surface area contributed by atoms with Crippen molar-refractivity contribution in [2.75, 3.05) is 25.1 Å². The number of hydrogen-bond acceptors (Lipinski definition) is 3. The fourth-order valence-corrected chi connectivity index (χ4v) is 2.19. The summed E-state index contributed by atoms with van der Waals surface area (Å²) < 4.78 is 13.2. The third-order valence-electron chi connectivity index (χ3n) is 3.31. The van der Waals surface area contributed by atoms with Crippen LogP contribution in [-0.2, 0) is 0 Å². The first-order valence-corrected chi connectivity index (χ1v) is 6.38. The standard InChI is InChI=1S/C14H21FN2O/c1-14(10-18,16-12-6-7-12)9-17(2)13-5-3-4-11(15)8-13/h3-5,8,12,16,18H,6-7,9-10H2,1-2H3. The largest absolute Gasteiger partial charge is 0.394 e. The molecule has 100 valence electrons. The van der Waals surface area contributed by atoms with Crippen LogP contribution in [0.25, 0.3) is 0 Å². The van der Waals surface area contributed by atoms with Gasteiger partial charge in [0.25, 0.3) is 0 Å². The van der Waals surface area contributed by atoms with E-state index in [0.29, 0.717) is 12.6 Å². The Balaban J connectivity index is 2.01. The molecule has 1 atom stereocenters. The zero-order chi connectivity index (χ0) is 13.2. The summed E-state index contributed by atoms with van der Waals surface area (Å²) in [4.78, 5) is 1.97. The zero-order valence-corrected chi connectivity index (χ0v) is 11.0. The van der Waals surface area contributed by atoms with Crippen LogP contribution in [-0.4, -0.2) is 36.9 Å². The van der Waals surface area contributed by atoms with Gasteiger partial charge in [0.1, 0.15) is 5.82 Å². The van der Waals surface area contributed by atoms with Gasteiger partial charge in [-0.3, -0.25) is 0 Å². The van der Waals surface area contributed by atoms with E-state index in [1.165, 1.54) is 25.0 Å². The highest BCUT2D eigenvalue weighted by atomic mass is 19.1. The third kappa shape index (κ3) is 3.43. The first kappa shape index (κ1) is 13.3. The van der Waals surface area contributed by atoms with Crippen LogP contribution in [0, 0.1) is 5.82 Å². The lowest BCUT2D eigenvalue weighted by Crippen LogP contribution is -2.54. The van der Waals surface area contributed by atoms with E-state index in [2.05, 4.69) is 5.32 Å². The Morgan fingerprint density at radius 1 is 1.50 bits per heavy atom. The molecule has 1 aromatic rings. The fraction of sp³-hybridized carbons (Fsp3) is 0.571. The summed E-state index contributed by atoms with van der Waals surface area (Å²) in [6.45, 7) is 2.72. The molecule has 1 aliphatic rings. The average Bonchev–Trinajstić information content (AvgIpc) is 3.12. The zero-order valence-electron chi connectivity index (χ0n) is 11.0. The molecule has 1 aromatic carbocycles. The number of benzene rings is 1. The van der Waals surface area contributed by atoms with Gasteiger partial charge >= 0.3 is 0 Å². The second-order valence-electron chi connectivity index (χ2n) is 5.47. The van der Waals surface area contributed by atoms with E-state index in [0.717, 1.165) is 5.69 Å². The Hall–Kier alpha value is -1.13. The SMILES string of the molecule is CN(CC(C)(CO)NC1CC1)c1cccc(F)c1. The summed E-state index contributed by atoms with van der Waals surface area (Å²) in [6.07, 6.45) is 2.36. The number of aliphatic hydroxyl groups excluding tert-OH is 1. The van der Waals surface area contributed by atoms with E-state index < -0.39 is 0 Å². The maximum absolute atomic E-state index is 13.2.